The minimum Gasteiger partial charge on any atom is -0.491 e. The third-order valence-corrected chi connectivity index (χ3v) is 6.82. The number of aromatic nitrogens is 4. The predicted molar refractivity (Wildman–Crippen MR) is 131 cm³/mol. The van der Waals surface area contributed by atoms with Gasteiger partial charge in [0.1, 0.15) is 0 Å². The highest BCUT2D eigenvalue weighted by Crippen LogP contribution is 2.24. The minimum absolute atomic E-state index is 0.00277. The SMILES string of the molecule is CCOc1ccc(S(=O)(=O)Nc2ccc(Nc3ccc(-n4nc(C)c(C)c4C)nn3)cc2)cc1F. The quantitative estimate of drug-likeness (QED) is 0.365. The minimum atomic E-state index is -3.97. The normalized spacial score (nSPS) is 11.3. The average Bonchev–Trinajstić information content (AvgIpc) is 3.09. The zero-order valence-corrected chi connectivity index (χ0v) is 20.5. The Kier molecular flexibility index (Phi) is 6.70. The molecule has 0 radical (unpaired) electrons. The number of rotatable bonds is 8. The molecular formula is C24H25FN6O3S. The summed E-state index contributed by atoms with van der Waals surface area (Å²) in [6, 6.07) is 13.7. The second-order valence-electron chi connectivity index (χ2n) is 7.82. The van der Waals surface area contributed by atoms with Crippen LogP contribution in [0.5, 0.6) is 5.75 Å². The lowest BCUT2D eigenvalue weighted by Crippen LogP contribution is -2.13. The smallest absolute Gasteiger partial charge is 0.262 e. The molecule has 0 aliphatic heterocycles. The van der Waals surface area contributed by atoms with Crippen LogP contribution in [0.4, 0.5) is 21.6 Å². The Labute approximate surface area is 203 Å². The number of hydrogen-bond donors (Lipinski definition) is 2. The maximum Gasteiger partial charge on any atom is 0.262 e. The molecule has 0 aliphatic rings. The van der Waals surface area contributed by atoms with E-state index in [0.29, 0.717) is 23.0 Å². The first-order valence-electron chi connectivity index (χ1n) is 10.9. The van der Waals surface area contributed by atoms with Crippen molar-refractivity contribution in [3.8, 4) is 11.6 Å². The molecule has 0 amide bonds. The number of benzene rings is 2. The van der Waals surface area contributed by atoms with Crippen LogP contribution in [0.2, 0.25) is 0 Å². The fourth-order valence-corrected chi connectivity index (χ4v) is 4.42. The highest BCUT2D eigenvalue weighted by Gasteiger charge is 2.17. The molecule has 2 aromatic carbocycles. The van der Waals surface area contributed by atoms with Crippen molar-refractivity contribution in [2.24, 2.45) is 0 Å². The number of halogens is 1. The van der Waals surface area contributed by atoms with Crippen molar-refractivity contribution in [3.63, 3.8) is 0 Å². The van der Waals surface area contributed by atoms with Crippen LogP contribution in [0.1, 0.15) is 23.9 Å². The van der Waals surface area contributed by atoms with Gasteiger partial charge in [-0.2, -0.15) is 5.10 Å². The zero-order chi connectivity index (χ0) is 25.2. The van der Waals surface area contributed by atoms with Crippen LogP contribution >= 0.6 is 0 Å². The predicted octanol–water partition coefficient (Wildman–Crippen LogP) is 4.67. The molecule has 0 aliphatic carbocycles. The summed E-state index contributed by atoms with van der Waals surface area (Å²) in [5.41, 5.74) is 4.06. The Morgan fingerprint density at radius 2 is 1.69 bits per heavy atom. The number of hydrogen-bond acceptors (Lipinski definition) is 7. The molecule has 35 heavy (non-hydrogen) atoms. The van der Waals surface area contributed by atoms with Crippen molar-refractivity contribution in [1.82, 2.24) is 20.0 Å². The van der Waals surface area contributed by atoms with Crippen molar-refractivity contribution in [2.75, 3.05) is 16.6 Å². The number of aryl methyl sites for hydroxylation is 1. The Morgan fingerprint density at radius 3 is 2.26 bits per heavy atom. The molecule has 4 rings (SSSR count). The highest BCUT2D eigenvalue weighted by molar-refractivity contribution is 7.92. The van der Waals surface area contributed by atoms with Gasteiger partial charge < -0.3 is 10.1 Å². The van der Waals surface area contributed by atoms with Gasteiger partial charge >= 0.3 is 0 Å². The molecule has 2 aromatic heterocycles. The lowest BCUT2D eigenvalue weighted by atomic mass is 10.2. The van der Waals surface area contributed by atoms with E-state index in [-0.39, 0.29) is 17.3 Å². The van der Waals surface area contributed by atoms with Crippen LogP contribution in [0.3, 0.4) is 0 Å². The maximum absolute atomic E-state index is 14.1. The molecule has 0 unspecified atom stereocenters. The summed E-state index contributed by atoms with van der Waals surface area (Å²) in [4.78, 5) is -0.200. The van der Waals surface area contributed by atoms with E-state index in [0.717, 1.165) is 23.0 Å². The van der Waals surface area contributed by atoms with E-state index in [2.05, 4.69) is 25.3 Å². The van der Waals surface area contributed by atoms with Gasteiger partial charge in [-0.1, -0.05) is 0 Å². The van der Waals surface area contributed by atoms with E-state index in [1.807, 2.05) is 26.8 Å². The van der Waals surface area contributed by atoms with E-state index >= 15 is 0 Å². The summed E-state index contributed by atoms with van der Waals surface area (Å²) >= 11 is 0. The number of ether oxygens (including phenoxy) is 1. The second kappa shape index (κ2) is 9.71. The van der Waals surface area contributed by atoms with Gasteiger partial charge in [0.25, 0.3) is 10.0 Å². The third-order valence-electron chi connectivity index (χ3n) is 5.44. The van der Waals surface area contributed by atoms with Gasteiger partial charge in [-0.05, 0) is 87.9 Å². The zero-order valence-electron chi connectivity index (χ0n) is 19.7. The van der Waals surface area contributed by atoms with Gasteiger partial charge in [0.15, 0.2) is 23.2 Å². The van der Waals surface area contributed by atoms with Crippen LogP contribution in [0.25, 0.3) is 5.82 Å². The van der Waals surface area contributed by atoms with Crippen LogP contribution in [0.15, 0.2) is 59.5 Å². The maximum atomic E-state index is 14.1. The number of sulfonamides is 1. The highest BCUT2D eigenvalue weighted by atomic mass is 32.2. The summed E-state index contributed by atoms with van der Waals surface area (Å²) in [6.07, 6.45) is 0. The summed E-state index contributed by atoms with van der Waals surface area (Å²) in [6.45, 7) is 7.93. The Morgan fingerprint density at radius 1 is 0.971 bits per heavy atom. The van der Waals surface area contributed by atoms with Crippen molar-refractivity contribution in [2.45, 2.75) is 32.6 Å². The first-order chi connectivity index (χ1) is 16.7. The van der Waals surface area contributed by atoms with Gasteiger partial charge in [-0.25, -0.2) is 17.5 Å². The molecule has 2 N–H and O–H groups in total. The topological polar surface area (TPSA) is 111 Å². The third kappa shape index (κ3) is 5.24. The first kappa shape index (κ1) is 24.1. The molecule has 0 saturated carbocycles. The van der Waals surface area contributed by atoms with Crippen molar-refractivity contribution in [3.05, 3.63) is 77.4 Å². The lowest BCUT2D eigenvalue weighted by molar-refractivity contribution is 0.321. The molecule has 2 heterocycles. The average molecular weight is 497 g/mol. The van der Waals surface area contributed by atoms with Crippen molar-refractivity contribution < 1.29 is 17.5 Å². The molecule has 182 valence electrons. The van der Waals surface area contributed by atoms with Gasteiger partial charge in [-0.3, -0.25) is 4.72 Å². The molecule has 11 heteroatoms. The standard InChI is InChI=1S/C24H25FN6O3S/c1-5-34-22-11-10-20(14-21(22)25)35(32,33)30-19-8-6-18(7-9-19)26-23-12-13-24(28-27-23)31-17(4)15(2)16(3)29-31/h6-14,30H,5H2,1-4H3,(H,26,27). The summed E-state index contributed by atoms with van der Waals surface area (Å²) in [5.74, 6) is 0.391. The van der Waals surface area contributed by atoms with Crippen molar-refractivity contribution in [1.29, 1.82) is 0 Å². The van der Waals surface area contributed by atoms with E-state index < -0.39 is 15.8 Å². The largest absolute Gasteiger partial charge is 0.491 e. The van der Waals surface area contributed by atoms with Crippen molar-refractivity contribution >= 4 is 27.2 Å². The fourth-order valence-electron chi connectivity index (χ4n) is 3.35. The Balaban J connectivity index is 1.43. The molecule has 9 nitrogen and oxygen atoms in total. The summed E-state index contributed by atoms with van der Waals surface area (Å²) < 4.78 is 48.7. The van der Waals surface area contributed by atoms with Crippen LogP contribution in [-0.2, 0) is 10.0 Å². The summed E-state index contributed by atoms with van der Waals surface area (Å²) in [5, 5.41) is 16.0. The number of anilines is 3. The number of nitrogens with one attached hydrogen (secondary N) is 2. The summed E-state index contributed by atoms with van der Waals surface area (Å²) in [7, 11) is -3.97. The van der Waals surface area contributed by atoms with Gasteiger partial charge in [0, 0.05) is 17.1 Å². The van der Waals surface area contributed by atoms with E-state index in [1.54, 1.807) is 41.9 Å². The lowest BCUT2D eigenvalue weighted by Gasteiger charge is -2.11. The molecule has 0 saturated heterocycles. The second-order valence-corrected chi connectivity index (χ2v) is 9.50. The molecule has 0 atom stereocenters. The van der Waals surface area contributed by atoms with E-state index in [1.165, 1.54) is 12.1 Å². The monoisotopic (exact) mass is 496 g/mol. The molecular weight excluding hydrogens is 471 g/mol. The van der Waals surface area contributed by atoms with Gasteiger partial charge in [0.2, 0.25) is 0 Å². The van der Waals surface area contributed by atoms with Gasteiger partial charge in [0.05, 0.1) is 17.2 Å². The molecule has 0 bridgehead atoms. The Hall–Kier alpha value is -3.99. The molecule has 4 aromatic rings. The van der Waals surface area contributed by atoms with Gasteiger partial charge in [-0.15, -0.1) is 10.2 Å². The van der Waals surface area contributed by atoms with Crippen LogP contribution in [-0.4, -0.2) is 35.0 Å². The molecule has 0 spiro atoms. The van der Waals surface area contributed by atoms with Crippen LogP contribution < -0.4 is 14.8 Å². The van der Waals surface area contributed by atoms with E-state index in [9.17, 15) is 12.8 Å². The molecule has 0 fully saturated rings. The fraction of sp³-hybridized carbons (Fsp3) is 0.208. The number of nitrogens with zero attached hydrogens (tertiary/aromatic N) is 4. The van der Waals surface area contributed by atoms with E-state index in [4.69, 9.17) is 4.74 Å². The first-order valence-corrected chi connectivity index (χ1v) is 12.4. The Bertz CT molecular complexity index is 1450. The van der Waals surface area contributed by atoms with Crippen LogP contribution in [0, 0.1) is 26.6 Å².